The minimum atomic E-state index is -4.61. The van der Waals surface area contributed by atoms with Gasteiger partial charge in [0.25, 0.3) is 0 Å². The Labute approximate surface area is 191 Å². The summed E-state index contributed by atoms with van der Waals surface area (Å²) >= 11 is 0. The monoisotopic (exact) mass is 457 g/mol. The molecule has 0 unspecified atom stereocenters. The number of hydrogen-bond acceptors (Lipinski definition) is 4. The SMILES string of the molecule is O=C(Cc1ccc(N2CC3CCC2CC3)cc1C(F)(F)F)C1=CCc2cccc(O)c2C1=O.[HH]. The maximum absolute atomic E-state index is 14.0. The van der Waals surface area contributed by atoms with Crippen LogP contribution in [0, 0.1) is 5.92 Å². The molecule has 2 bridgehead atoms. The van der Waals surface area contributed by atoms with Gasteiger partial charge in [-0.25, -0.2) is 0 Å². The summed E-state index contributed by atoms with van der Waals surface area (Å²) in [5.74, 6) is -1.03. The number of nitrogens with zero attached hydrogens (tertiary/aromatic N) is 1. The van der Waals surface area contributed by atoms with E-state index in [9.17, 15) is 27.9 Å². The van der Waals surface area contributed by atoms with Gasteiger partial charge >= 0.3 is 6.18 Å². The van der Waals surface area contributed by atoms with Crippen molar-refractivity contribution in [1.82, 2.24) is 0 Å². The molecule has 1 saturated carbocycles. The number of aromatic hydroxyl groups is 1. The molecule has 4 nitrogen and oxygen atoms in total. The summed E-state index contributed by atoms with van der Waals surface area (Å²) in [5.41, 5.74) is 0.0361. The van der Waals surface area contributed by atoms with Crippen molar-refractivity contribution in [3.05, 3.63) is 70.3 Å². The first-order chi connectivity index (χ1) is 15.7. The summed E-state index contributed by atoms with van der Waals surface area (Å²) in [7, 11) is 0. The number of ketones is 2. The van der Waals surface area contributed by atoms with Crippen LogP contribution in [0.4, 0.5) is 18.9 Å². The minimum absolute atomic E-state index is 0. The first kappa shape index (κ1) is 21.7. The highest BCUT2D eigenvalue weighted by atomic mass is 19.4. The lowest BCUT2D eigenvalue weighted by Crippen LogP contribution is -2.48. The molecule has 0 aromatic heterocycles. The molecule has 7 heteroatoms. The average Bonchev–Trinajstić information content (AvgIpc) is 2.79. The Balaban J connectivity index is 0.00000274. The van der Waals surface area contributed by atoms with Crippen molar-refractivity contribution in [3.8, 4) is 5.75 Å². The van der Waals surface area contributed by atoms with Gasteiger partial charge in [-0.1, -0.05) is 24.3 Å². The van der Waals surface area contributed by atoms with E-state index in [1.807, 2.05) is 0 Å². The van der Waals surface area contributed by atoms with Gasteiger partial charge in [-0.3, -0.25) is 9.59 Å². The Hall–Kier alpha value is -3.09. The predicted molar refractivity (Wildman–Crippen MR) is 120 cm³/mol. The fourth-order valence-corrected chi connectivity index (χ4v) is 5.51. The number of Topliss-reactive ketones (excluding diaryl/α,β-unsaturated/α-hetero) is 2. The lowest BCUT2D eigenvalue weighted by molar-refractivity contribution is -0.138. The Morgan fingerprint density at radius 1 is 1.12 bits per heavy atom. The Morgan fingerprint density at radius 3 is 2.55 bits per heavy atom. The zero-order chi connectivity index (χ0) is 23.3. The highest BCUT2D eigenvalue weighted by Crippen LogP contribution is 2.41. The van der Waals surface area contributed by atoms with E-state index in [2.05, 4.69) is 4.90 Å². The number of phenolic OH excluding ortho intramolecular Hbond substituents is 1. The summed E-state index contributed by atoms with van der Waals surface area (Å²) in [4.78, 5) is 27.8. The van der Waals surface area contributed by atoms with Crippen LogP contribution in [0.5, 0.6) is 5.75 Å². The van der Waals surface area contributed by atoms with Crippen LogP contribution in [0.3, 0.4) is 0 Å². The Bertz CT molecular complexity index is 1170. The highest BCUT2D eigenvalue weighted by molar-refractivity contribution is 6.28. The van der Waals surface area contributed by atoms with Crippen LogP contribution in [0.1, 0.15) is 54.2 Å². The van der Waals surface area contributed by atoms with Crippen LogP contribution in [0.25, 0.3) is 0 Å². The van der Waals surface area contributed by atoms with Crippen molar-refractivity contribution in [3.63, 3.8) is 0 Å². The molecular weight excluding hydrogens is 431 g/mol. The van der Waals surface area contributed by atoms with Gasteiger partial charge < -0.3 is 10.0 Å². The van der Waals surface area contributed by atoms with Gasteiger partial charge in [0, 0.05) is 26.1 Å². The van der Waals surface area contributed by atoms with E-state index >= 15 is 0 Å². The number of phenols is 1. The van der Waals surface area contributed by atoms with Gasteiger partial charge in [0.05, 0.1) is 16.7 Å². The summed E-state index contributed by atoms with van der Waals surface area (Å²) in [6.07, 6.45) is 0.812. The summed E-state index contributed by atoms with van der Waals surface area (Å²) in [6, 6.07) is 9.10. The average molecular weight is 457 g/mol. The molecule has 33 heavy (non-hydrogen) atoms. The smallest absolute Gasteiger partial charge is 0.416 e. The lowest BCUT2D eigenvalue weighted by Gasteiger charge is -2.47. The molecule has 0 atom stereocenters. The summed E-state index contributed by atoms with van der Waals surface area (Å²) in [5, 5.41) is 10.1. The van der Waals surface area contributed by atoms with Crippen LogP contribution >= 0.6 is 0 Å². The van der Waals surface area contributed by atoms with Crippen LogP contribution in [0.15, 0.2) is 48.0 Å². The first-order valence-corrected chi connectivity index (χ1v) is 11.3. The first-order valence-electron chi connectivity index (χ1n) is 11.3. The summed E-state index contributed by atoms with van der Waals surface area (Å²) < 4.78 is 41.9. The number of carbonyl (C=O) groups excluding carboxylic acids is 2. The molecule has 2 saturated heterocycles. The van der Waals surface area contributed by atoms with E-state index in [1.54, 1.807) is 18.2 Å². The molecule has 1 N–H and O–H groups in total. The fraction of sp³-hybridized carbons (Fsp3) is 0.385. The van der Waals surface area contributed by atoms with Gasteiger partial charge in [0.15, 0.2) is 11.6 Å². The van der Waals surface area contributed by atoms with E-state index in [-0.39, 0.29) is 36.3 Å². The topological polar surface area (TPSA) is 57.6 Å². The fourth-order valence-electron chi connectivity index (χ4n) is 5.51. The largest absolute Gasteiger partial charge is 0.507 e. The second-order valence-electron chi connectivity index (χ2n) is 9.23. The van der Waals surface area contributed by atoms with Gasteiger partial charge in [-0.2, -0.15) is 13.2 Å². The number of halogens is 3. The molecule has 0 spiro atoms. The molecular formula is C26H26F3NO3. The molecule has 2 aromatic carbocycles. The van der Waals surface area contributed by atoms with Gasteiger partial charge in [0.1, 0.15) is 5.75 Å². The molecule has 3 fully saturated rings. The van der Waals surface area contributed by atoms with E-state index in [4.69, 9.17) is 0 Å². The van der Waals surface area contributed by atoms with Crippen molar-refractivity contribution >= 4 is 17.3 Å². The second kappa shape index (κ2) is 8.04. The number of carbonyl (C=O) groups is 2. The van der Waals surface area contributed by atoms with Crippen molar-refractivity contribution in [2.45, 2.75) is 50.7 Å². The molecule has 174 valence electrons. The molecule has 6 rings (SSSR count). The quantitative estimate of drug-likeness (QED) is 0.615. The molecule has 0 amide bonds. The molecule has 2 heterocycles. The maximum atomic E-state index is 14.0. The third-order valence-electron chi connectivity index (χ3n) is 7.22. The number of allylic oxidation sites excluding steroid dienone is 2. The standard InChI is InChI=1S/C26H24F3NO3.H2/c27-26(28,29)21-13-19(30-14-15-4-8-18(30)9-5-15)10-6-17(21)12-23(32)20-11-7-16-2-1-3-22(31)24(16)25(20)33;/h1-3,6,10-11,13,15,18,31H,4-5,7-9,12,14H2;1H. The zero-order valence-electron chi connectivity index (χ0n) is 18.0. The lowest BCUT2D eigenvalue weighted by atomic mass is 9.79. The minimum Gasteiger partial charge on any atom is -0.507 e. The van der Waals surface area contributed by atoms with Crippen LogP contribution < -0.4 is 4.90 Å². The van der Waals surface area contributed by atoms with E-state index in [0.29, 0.717) is 17.2 Å². The molecule has 0 radical (unpaired) electrons. The molecule has 2 aliphatic carbocycles. The van der Waals surface area contributed by atoms with Crippen molar-refractivity contribution in [1.29, 1.82) is 0 Å². The van der Waals surface area contributed by atoms with Gasteiger partial charge in [-0.15, -0.1) is 0 Å². The van der Waals surface area contributed by atoms with E-state index < -0.39 is 29.7 Å². The normalized spacial score (nSPS) is 22.2. The molecule has 2 aromatic rings. The third-order valence-corrected chi connectivity index (χ3v) is 7.22. The van der Waals surface area contributed by atoms with Gasteiger partial charge in [-0.05, 0) is 67.3 Å². The third kappa shape index (κ3) is 3.94. The van der Waals surface area contributed by atoms with E-state index in [0.717, 1.165) is 38.3 Å². The number of anilines is 1. The number of piperidine rings is 2. The molecule has 2 aliphatic heterocycles. The Kier molecular flexibility index (Phi) is 5.30. The number of benzene rings is 2. The number of hydrogen-bond donors (Lipinski definition) is 1. The summed E-state index contributed by atoms with van der Waals surface area (Å²) in [6.45, 7) is 0.768. The second-order valence-corrected chi connectivity index (χ2v) is 9.23. The van der Waals surface area contributed by atoms with Crippen LogP contribution in [-0.2, 0) is 23.8 Å². The molecule has 4 aliphatic rings. The number of rotatable bonds is 4. The van der Waals surface area contributed by atoms with Crippen LogP contribution in [0.2, 0.25) is 0 Å². The number of fused-ring (bicyclic) bond motifs is 4. The van der Waals surface area contributed by atoms with E-state index in [1.165, 1.54) is 18.2 Å². The van der Waals surface area contributed by atoms with Gasteiger partial charge in [0.2, 0.25) is 0 Å². The van der Waals surface area contributed by atoms with Crippen molar-refractivity contribution in [2.24, 2.45) is 5.92 Å². The Morgan fingerprint density at radius 2 is 1.88 bits per heavy atom. The highest BCUT2D eigenvalue weighted by Gasteiger charge is 2.38. The van der Waals surface area contributed by atoms with Crippen molar-refractivity contribution in [2.75, 3.05) is 11.4 Å². The maximum Gasteiger partial charge on any atom is 0.416 e. The number of alkyl halides is 3. The predicted octanol–water partition coefficient (Wildman–Crippen LogP) is 5.51. The van der Waals surface area contributed by atoms with Crippen LogP contribution in [-0.4, -0.2) is 29.3 Å². The van der Waals surface area contributed by atoms with Crippen molar-refractivity contribution < 1.29 is 29.3 Å². The zero-order valence-corrected chi connectivity index (χ0v) is 18.0.